The van der Waals surface area contributed by atoms with E-state index in [9.17, 15) is 18.0 Å². The Balaban J connectivity index is 1.52. The van der Waals surface area contributed by atoms with Crippen molar-refractivity contribution in [2.45, 2.75) is 12.6 Å². The second kappa shape index (κ2) is 7.73. The van der Waals surface area contributed by atoms with Crippen molar-refractivity contribution in [2.24, 2.45) is 0 Å². The molecule has 29 heavy (non-hydrogen) atoms. The average molecular weight is 399 g/mol. The van der Waals surface area contributed by atoms with Crippen molar-refractivity contribution in [3.05, 3.63) is 71.9 Å². The smallest absolute Gasteiger partial charge is 0.367 e. The normalized spacial score (nSPS) is 15.0. The summed E-state index contributed by atoms with van der Waals surface area (Å²) in [7, 11) is 0. The molecule has 1 aliphatic rings. The van der Waals surface area contributed by atoms with Crippen LogP contribution in [0.4, 0.5) is 18.9 Å². The summed E-state index contributed by atoms with van der Waals surface area (Å²) in [6, 6.07) is 17.5. The number of piperazine rings is 1. The summed E-state index contributed by atoms with van der Waals surface area (Å²) in [6.45, 7) is 1.91. The summed E-state index contributed by atoms with van der Waals surface area (Å²) in [4.78, 5) is 20.0. The maximum Gasteiger partial charge on any atom is 0.433 e. The van der Waals surface area contributed by atoms with Crippen LogP contribution in [-0.2, 0) is 17.4 Å². The number of amides is 1. The number of benzene rings is 2. The molecule has 0 bridgehead atoms. The Kier molecular flexibility index (Phi) is 5.13. The fourth-order valence-corrected chi connectivity index (χ4v) is 3.64. The Morgan fingerprint density at radius 3 is 2.28 bits per heavy atom. The lowest BCUT2D eigenvalue weighted by molar-refractivity contribution is -0.140. The van der Waals surface area contributed by atoms with E-state index >= 15 is 0 Å². The number of halogens is 3. The fraction of sp³-hybridized carbons (Fsp3) is 0.273. The van der Waals surface area contributed by atoms with E-state index in [0.29, 0.717) is 49.2 Å². The summed E-state index contributed by atoms with van der Waals surface area (Å²) >= 11 is 0. The van der Waals surface area contributed by atoms with Gasteiger partial charge in [0, 0.05) is 37.3 Å². The van der Waals surface area contributed by atoms with Crippen LogP contribution in [0.2, 0.25) is 0 Å². The number of aromatic nitrogens is 1. The lowest BCUT2D eigenvalue weighted by Gasteiger charge is -2.37. The molecule has 1 amide bonds. The highest BCUT2D eigenvalue weighted by molar-refractivity contribution is 5.92. The number of carbonyl (C=O) groups is 1. The second-order valence-electron chi connectivity index (χ2n) is 7.07. The molecule has 4 rings (SSSR count). The van der Waals surface area contributed by atoms with Gasteiger partial charge in [-0.1, -0.05) is 48.5 Å². The molecule has 2 aromatic carbocycles. The van der Waals surface area contributed by atoms with Crippen molar-refractivity contribution >= 4 is 22.5 Å². The third-order valence-electron chi connectivity index (χ3n) is 5.16. The number of rotatable bonds is 3. The second-order valence-corrected chi connectivity index (χ2v) is 7.07. The lowest BCUT2D eigenvalue weighted by Crippen LogP contribution is -2.49. The molecule has 2 heterocycles. The highest BCUT2D eigenvalue weighted by atomic mass is 19.4. The Hall–Kier alpha value is -3.09. The summed E-state index contributed by atoms with van der Waals surface area (Å²) in [5, 5.41) is 0.685. The number of alkyl halides is 3. The first-order valence-electron chi connectivity index (χ1n) is 9.45. The van der Waals surface area contributed by atoms with Crippen molar-refractivity contribution < 1.29 is 18.0 Å². The van der Waals surface area contributed by atoms with Gasteiger partial charge in [0.2, 0.25) is 5.91 Å². The Bertz CT molecular complexity index is 1010. The van der Waals surface area contributed by atoms with Gasteiger partial charge in [0.25, 0.3) is 0 Å². The fourth-order valence-electron chi connectivity index (χ4n) is 3.64. The topological polar surface area (TPSA) is 36.4 Å². The molecular formula is C22H20F3N3O. The Labute approximate surface area is 166 Å². The van der Waals surface area contributed by atoms with Crippen LogP contribution in [0.15, 0.2) is 60.7 Å². The molecule has 0 atom stereocenters. The maximum absolute atomic E-state index is 13.3. The van der Waals surface area contributed by atoms with Gasteiger partial charge in [-0.25, -0.2) is 4.98 Å². The summed E-state index contributed by atoms with van der Waals surface area (Å²) in [5.74, 6) is 0.0337. The van der Waals surface area contributed by atoms with E-state index in [2.05, 4.69) is 4.98 Å². The van der Waals surface area contributed by atoms with Gasteiger partial charge in [0.1, 0.15) is 5.69 Å². The van der Waals surface area contributed by atoms with Crippen LogP contribution in [0.5, 0.6) is 0 Å². The quantitative estimate of drug-likeness (QED) is 0.664. The van der Waals surface area contributed by atoms with E-state index in [1.54, 1.807) is 29.2 Å². The van der Waals surface area contributed by atoms with Gasteiger partial charge in [-0.15, -0.1) is 0 Å². The highest BCUT2D eigenvalue weighted by Crippen LogP contribution is 2.35. The van der Waals surface area contributed by atoms with Crippen LogP contribution in [0.1, 0.15) is 11.3 Å². The van der Waals surface area contributed by atoms with Gasteiger partial charge in [-0.3, -0.25) is 4.79 Å². The number of nitrogens with zero attached hydrogens (tertiary/aromatic N) is 3. The maximum atomic E-state index is 13.3. The molecule has 0 spiro atoms. The summed E-state index contributed by atoms with van der Waals surface area (Å²) < 4.78 is 39.9. The van der Waals surface area contributed by atoms with Gasteiger partial charge in [0.15, 0.2) is 0 Å². The molecule has 1 saturated heterocycles. The van der Waals surface area contributed by atoms with Crippen LogP contribution < -0.4 is 4.90 Å². The number of para-hydroxylation sites is 1. The zero-order chi connectivity index (χ0) is 20.4. The van der Waals surface area contributed by atoms with Gasteiger partial charge < -0.3 is 9.80 Å². The highest BCUT2D eigenvalue weighted by Gasteiger charge is 2.34. The van der Waals surface area contributed by atoms with E-state index in [0.717, 1.165) is 11.6 Å². The largest absolute Gasteiger partial charge is 0.433 e. The standard InChI is InChI=1S/C22H20F3N3O/c23-22(24,25)20-15-19(17-8-4-5-9-18(17)26-20)27-10-12-28(13-11-27)21(29)14-16-6-2-1-3-7-16/h1-9,15H,10-14H2. The SMILES string of the molecule is O=C(Cc1ccccc1)N1CCN(c2cc(C(F)(F)F)nc3ccccc23)CC1. The van der Waals surface area contributed by atoms with E-state index < -0.39 is 11.9 Å². The van der Waals surface area contributed by atoms with Crippen LogP contribution >= 0.6 is 0 Å². The zero-order valence-electron chi connectivity index (χ0n) is 15.7. The van der Waals surface area contributed by atoms with E-state index in [1.807, 2.05) is 35.2 Å². The minimum atomic E-state index is -4.51. The number of hydrogen-bond acceptors (Lipinski definition) is 3. The first-order chi connectivity index (χ1) is 13.9. The van der Waals surface area contributed by atoms with Crippen molar-refractivity contribution in [1.82, 2.24) is 9.88 Å². The third kappa shape index (κ3) is 4.18. The predicted molar refractivity (Wildman–Crippen MR) is 106 cm³/mol. The molecule has 1 aromatic heterocycles. The molecule has 4 nitrogen and oxygen atoms in total. The van der Waals surface area contributed by atoms with E-state index in [-0.39, 0.29) is 5.91 Å². The molecule has 3 aromatic rings. The first-order valence-corrected chi connectivity index (χ1v) is 9.45. The van der Waals surface area contributed by atoms with Gasteiger partial charge in [-0.05, 0) is 17.7 Å². The molecule has 0 aliphatic carbocycles. The number of hydrogen-bond donors (Lipinski definition) is 0. The molecule has 0 radical (unpaired) electrons. The Morgan fingerprint density at radius 1 is 0.931 bits per heavy atom. The molecule has 0 N–H and O–H groups in total. The van der Waals surface area contributed by atoms with Gasteiger partial charge in [-0.2, -0.15) is 13.2 Å². The number of pyridine rings is 1. The minimum Gasteiger partial charge on any atom is -0.367 e. The molecule has 7 heteroatoms. The average Bonchev–Trinajstić information content (AvgIpc) is 2.73. The summed E-state index contributed by atoms with van der Waals surface area (Å²) in [5.41, 5.74) is 0.890. The first kappa shape index (κ1) is 19.2. The number of fused-ring (bicyclic) bond motifs is 1. The molecule has 1 aliphatic heterocycles. The van der Waals surface area contributed by atoms with E-state index in [4.69, 9.17) is 0 Å². The Morgan fingerprint density at radius 2 is 1.59 bits per heavy atom. The number of anilines is 1. The van der Waals surface area contributed by atoms with Crippen molar-refractivity contribution in [1.29, 1.82) is 0 Å². The van der Waals surface area contributed by atoms with Crippen LogP contribution in [0.3, 0.4) is 0 Å². The molecule has 1 fully saturated rings. The van der Waals surface area contributed by atoms with Crippen molar-refractivity contribution in [3.63, 3.8) is 0 Å². The van der Waals surface area contributed by atoms with Crippen LogP contribution in [-0.4, -0.2) is 42.0 Å². The molecule has 150 valence electrons. The third-order valence-corrected chi connectivity index (χ3v) is 5.16. The van der Waals surface area contributed by atoms with Crippen molar-refractivity contribution in [2.75, 3.05) is 31.1 Å². The molecular weight excluding hydrogens is 379 g/mol. The van der Waals surface area contributed by atoms with Gasteiger partial charge >= 0.3 is 6.18 Å². The molecule has 0 unspecified atom stereocenters. The summed E-state index contributed by atoms with van der Waals surface area (Å²) in [6.07, 6.45) is -4.18. The molecule has 0 saturated carbocycles. The monoisotopic (exact) mass is 399 g/mol. The van der Waals surface area contributed by atoms with Gasteiger partial charge in [0.05, 0.1) is 11.9 Å². The number of carbonyl (C=O) groups excluding carboxylic acids is 1. The zero-order valence-corrected chi connectivity index (χ0v) is 15.7. The lowest BCUT2D eigenvalue weighted by atomic mass is 10.1. The minimum absolute atomic E-state index is 0.0337. The van der Waals surface area contributed by atoms with Crippen LogP contribution in [0.25, 0.3) is 10.9 Å². The van der Waals surface area contributed by atoms with E-state index in [1.165, 1.54) is 0 Å². The van der Waals surface area contributed by atoms with Crippen LogP contribution in [0, 0.1) is 0 Å². The van der Waals surface area contributed by atoms with Crippen molar-refractivity contribution in [3.8, 4) is 0 Å². The predicted octanol–water partition coefficient (Wildman–Crippen LogP) is 4.14.